The Morgan fingerprint density at radius 1 is 0.839 bits per heavy atom. The summed E-state index contributed by atoms with van der Waals surface area (Å²) >= 11 is 0. The fourth-order valence-corrected chi connectivity index (χ4v) is 10.4. The normalized spacial score (nSPS) is 60.2. The first kappa shape index (κ1) is 21.4. The summed E-state index contributed by atoms with van der Waals surface area (Å²) in [5.41, 5.74) is 0.315. The van der Waals surface area contributed by atoms with Crippen LogP contribution in [0.15, 0.2) is 0 Å². The van der Waals surface area contributed by atoms with Gasteiger partial charge < -0.3 is 19.7 Å². The zero-order chi connectivity index (χ0) is 21.8. The van der Waals surface area contributed by atoms with Crippen LogP contribution in [0.2, 0.25) is 0 Å². The van der Waals surface area contributed by atoms with Gasteiger partial charge in [-0.2, -0.15) is 0 Å². The lowest BCUT2D eigenvalue weighted by molar-refractivity contribution is -0.333. The van der Waals surface area contributed by atoms with E-state index in [4.69, 9.17) is 9.47 Å². The number of hydrogen-bond acceptors (Lipinski definition) is 4. The summed E-state index contributed by atoms with van der Waals surface area (Å²) in [6.45, 7) is 10.2. The third kappa shape index (κ3) is 2.63. The Morgan fingerprint density at radius 2 is 1.65 bits per heavy atom. The highest BCUT2D eigenvalue weighted by molar-refractivity contribution is 5.20. The molecular weight excluding hydrogens is 388 g/mol. The zero-order valence-corrected chi connectivity index (χ0v) is 20.1. The molecule has 0 aromatic heterocycles. The second-order valence-corrected chi connectivity index (χ2v) is 13.2. The van der Waals surface area contributed by atoms with Crippen molar-refractivity contribution < 1.29 is 19.7 Å². The Balaban J connectivity index is 1.35. The van der Waals surface area contributed by atoms with Crippen LogP contribution in [0.1, 0.15) is 91.9 Å². The van der Waals surface area contributed by atoms with E-state index in [1.165, 1.54) is 44.9 Å². The van der Waals surface area contributed by atoms with Crippen LogP contribution in [0, 0.1) is 52.3 Å². The molecule has 2 N–H and O–H groups in total. The van der Waals surface area contributed by atoms with Gasteiger partial charge in [-0.3, -0.25) is 0 Å². The van der Waals surface area contributed by atoms with Crippen molar-refractivity contribution in [1.29, 1.82) is 0 Å². The van der Waals surface area contributed by atoms with Crippen molar-refractivity contribution in [3.05, 3.63) is 0 Å². The van der Waals surface area contributed by atoms with E-state index in [0.29, 0.717) is 23.2 Å². The van der Waals surface area contributed by atoms with Crippen molar-refractivity contribution >= 4 is 0 Å². The van der Waals surface area contributed by atoms with Crippen LogP contribution in [0.25, 0.3) is 0 Å². The fourth-order valence-electron chi connectivity index (χ4n) is 10.4. The summed E-state index contributed by atoms with van der Waals surface area (Å²) in [5, 5.41) is 23.6. The molecule has 4 aliphatic carbocycles. The molecule has 0 amide bonds. The third-order valence-electron chi connectivity index (χ3n) is 11.9. The van der Waals surface area contributed by atoms with Gasteiger partial charge in [0.2, 0.25) is 0 Å². The highest BCUT2D eigenvalue weighted by Gasteiger charge is 2.77. The molecule has 1 unspecified atom stereocenters. The van der Waals surface area contributed by atoms with Gasteiger partial charge in [0.25, 0.3) is 0 Å². The topological polar surface area (TPSA) is 58.9 Å². The molecule has 2 saturated heterocycles. The first-order valence-corrected chi connectivity index (χ1v) is 13.4. The molecule has 2 aliphatic heterocycles. The molecule has 11 atom stereocenters. The molecule has 0 bridgehead atoms. The van der Waals surface area contributed by atoms with Crippen molar-refractivity contribution in [2.45, 2.75) is 110 Å². The highest BCUT2D eigenvalue weighted by atomic mass is 16.7. The van der Waals surface area contributed by atoms with E-state index in [0.717, 1.165) is 31.8 Å². The second kappa shape index (κ2) is 6.71. The molecule has 31 heavy (non-hydrogen) atoms. The molecule has 6 fully saturated rings. The van der Waals surface area contributed by atoms with Gasteiger partial charge in [-0.15, -0.1) is 0 Å². The molecule has 6 aliphatic rings. The van der Waals surface area contributed by atoms with E-state index in [-0.39, 0.29) is 23.2 Å². The summed E-state index contributed by atoms with van der Waals surface area (Å²) in [5.74, 6) is 0.388. The molecule has 0 aromatic rings. The monoisotopic (exact) mass is 432 g/mol. The Kier molecular flexibility index (Phi) is 4.62. The lowest BCUT2D eigenvalue weighted by Gasteiger charge is -2.61. The van der Waals surface area contributed by atoms with Gasteiger partial charge in [0.05, 0.1) is 6.61 Å². The van der Waals surface area contributed by atoms with E-state index < -0.39 is 17.7 Å². The number of ether oxygens (including phenoxy) is 2. The van der Waals surface area contributed by atoms with Gasteiger partial charge in [-0.25, -0.2) is 0 Å². The lowest BCUT2D eigenvalue weighted by atomic mass is 9.44. The predicted octanol–water partition coefficient (Wildman–Crippen LogP) is 5.11. The molecule has 6 rings (SSSR count). The average Bonchev–Trinajstić information content (AvgIpc) is 3.11. The molecule has 176 valence electrons. The van der Waals surface area contributed by atoms with Gasteiger partial charge in [0, 0.05) is 24.2 Å². The standard InChI is InChI=1S/C27H44O4/c1-16-10-14-26(30-15-16)17(2)21-23(31-26)27(28,29)22-19-9-8-18-7-5-6-12-24(18,3)20(19)11-13-25(21,22)4/h16-23,28-29H,5-15H2,1-4H3/t16-,17+,18?,19-,20+,21+,22+,23-,24+,25-,26-/m1/s1. The van der Waals surface area contributed by atoms with Crippen molar-refractivity contribution in [1.82, 2.24) is 0 Å². The largest absolute Gasteiger partial charge is 0.363 e. The average molecular weight is 433 g/mol. The Bertz CT molecular complexity index is 727. The maximum absolute atomic E-state index is 11.8. The smallest absolute Gasteiger partial charge is 0.193 e. The third-order valence-corrected chi connectivity index (χ3v) is 11.9. The predicted molar refractivity (Wildman–Crippen MR) is 119 cm³/mol. The summed E-state index contributed by atoms with van der Waals surface area (Å²) in [4.78, 5) is 0. The van der Waals surface area contributed by atoms with E-state index >= 15 is 0 Å². The number of rotatable bonds is 0. The van der Waals surface area contributed by atoms with Crippen molar-refractivity contribution in [2.75, 3.05) is 6.61 Å². The number of fused-ring (bicyclic) bond motifs is 7. The van der Waals surface area contributed by atoms with E-state index in [9.17, 15) is 10.2 Å². The minimum absolute atomic E-state index is 0.0734. The summed E-state index contributed by atoms with van der Waals surface area (Å²) in [7, 11) is 0. The van der Waals surface area contributed by atoms with Crippen LogP contribution in [0.4, 0.5) is 0 Å². The summed E-state index contributed by atoms with van der Waals surface area (Å²) < 4.78 is 13.0. The second-order valence-electron chi connectivity index (χ2n) is 13.2. The Hall–Kier alpha value is -0.160. The van der Waals surface area contributed by atoms with Gasteiger partial charge in [-0.05, 0) is 79.4 Å². The minimum Gasteiger partial charge on any atom is -0.363 e. The first-order valence-electron chi connectivity index (χ1n) is 13.4. The van der Waals surface area contributed by atoms with Crippen molar-refractivity contribution in [3.8, 4) is 0 Å². The SMILES string of the molecule is C[C@@H]1CC[C@@]2(OC1)O[C@@H]1[C@H]([C@@H]2C)[C@@]2(C)CC[C@H]3[C@@H](CCC4CCCC[C@@]43C)[C@@H]2C1(O)O. The first-order chi connectivity index (χ1) is 14.6. The number of aliphatic hydroxyl groups is 2. The Labute approximate surface area is 188 Å². The van der Waals surface area contributed by atoms with E-state index in [1.54, 1.807) is 0 Å². The molecule has 4 heteroatoms. The van der Waals surface area contributed by atoms with Crippen LogP contribution >= 0.6 is 0 Å². The minimum atomic E-state index is -1.75. The maximum atomic E-state index is 11.8. The van der Waals surface area contributed by atoms with E-state index in [1.807, 2.05) is 0 Å². The number of hydrogen-bond donors (Lipinski definition) is 2. The Morgan fingerprint density at radius 3 is 2.39 bits per heavy atom. The molecular formula is C27H44O4. The van der Waals surface area contributed by atoms with Gasteiger partial charge in [-0.1, -0.05) is 40.5 Å². The lowest BCUT2D eigenvalue weighted by Crippen LogP contribution is -2.59. The summed E-state index contributed by atoms with van der Waals surface area (Å²) in [6, 6.07) is 0. The zero-order valence-electron chi connectivity index (χ0n) is 20.1. The molecule has 4 saturated carbocycles. The molecule has 1 spiro atoms. The van der Waals surface area contributed by atoms with Crippen LogP contribution < -0.4 is 0 Å². The fraction of sp³-hybridized carbons (Fsp3) is 1.00. The maximum Gasteiger partial charge on any atom is 0.193 e. The molecule has 2 heterocycles. The van der Waals surface area contributed by atoms with E-state index in [2.05, 4.69) is 27.7 Å². The van der Waals surface area contributed by atoms with Crippen LogP contribution in [-0.4, -0.2) is 34.5 Å². The van der Waals surface area contributed by atoms with Gasteiger partial charge >= 0.3 is 0 Å². The quantitative estimate of drug-likeness (QED) is 0.522. The van der Waals surface area contributed by atoms with Crippen LogP contribution in [-0.2, 0) is 9.47 Å². The summed E-state index contributed by atoms with van der Waals surface area (Å²) in [6.07, 6.45) is 11.7. The highest BCUT2D eigenvalue weighted by Crippen LogP contribution is 2.73. The molecule has 0 radical (unpaired) electrons. The van der Waals surface area contributed by atoms with Crippen LogP contribution in [0.5, 0.6) is 0 Å². The molecule has 4 nitrogen and oxygen atoms in total. The van der Waals surface area contributed by atoms with Gasteiger partial charge in [0.1, 0.15) is 6.10 Å². The van der Waals surface area contributed by atoms with Gasteiger partial charge in [0.15, 0.2) is 11.6 Å². The molecule has 0 aromatic carbocycles. The van der Waals surface area contributed by atoms with Crippen LogP contribution in [0.3, 0.4) is 0 Å². The van der Waals surface area contributed by atoms with Crippen molar-refractivity contribution in [2.24, 2.45) is 52.3 Å². The van der Waals surface area contributed by atoms with Crippen molar-refractivity contribution in [3.63, 3.8) is 0 Å².